The van der Waals surface area contributed by atoms with Crippen molar-refractivity contribution >= 4 is 32.1 Å². The van der Waals surface area contributed by atoms with E-state index in [1.165, 1.54) is 9.40 Å². The van der Waals surface area contributed by atoms with Crippen molar-refractivity contribution in [3.05, 3.63) is 22.4 Å². The van der Waals surface area contributed by atoms with Crippen LogP contribution in [0.4, 0.5) is 0 Å². The minimum atomic E-state index is -0.394. The third kappa shape index (κ3) is 2.30. The molecule has 0 saturated heterocycles. The van der Waals surface area contributed by atoms with Gasteiger partial charge < -0.3 is 10.8 Å². The standard InChI is InChI=1S/C12H17NOS2/c1-2-3-8(7-13)12(14)11-6-10-9(16-11)4-5-15-10/h4-6,8,12,14H,2-3,7,13H2,1H3. The first-order valence-electron chi connectivity index (χ1n) is 5.61. The monoisotopic (exact) mass is 255 g/mol. The van der Waals surface area contributed by atoms with Gasteiger partial charge in [-0.2, -0.15) is 0 Å². The van der Waals surface area contributed by atoms with E-state index in [4.69, 9.17) is 5.73 Å². The minimum Gasteiger partial charge on any atom is -0.387 e. The van der Waals surface area contributed by atoms with Crippen LogP contribution in [0.5, 0.6) is 0 Å². The normalized spacial score (nSPS) is 15.4. The highest BCUT2D eigenvalue weighted by Crippen LogP contribution is 2.36. The van der Waals surface area contributed by atoms with Crippen LogP contribution >= 0.6 is 22.7 Å². The van der Waals surface area contributed by atoms with E-state index < -0.39 is 6.10 Å². The lowest BCUT2D eigenvalue weighted by atomic mass is 9.96. The molecule has 2 unspecified atom stereocenters. The van der Waals surface area contributed by atoms with Gasteiger partial charge in [0.25, 0.3) is 0 Å². The van der Waals surface area contributed by atoms with E-state index in [1.54, 1.807) is 22.7 Å². The summed E-state index contributed by atoms with van der Waals surface area (Å²) in [5.74, 6) is 0.192. The van der Waals surface area contributed by atoms with E-state index in [0.29, 0.717) is 6.54 Å². The topological polar surface area (TPSA) is 46.2 Å². The summed E-state index contributed by atoms with van der Waals surface area (Å²) in [7, 11) is 0. The van der Waals surface area contributed by atoms with Crippen LogP contribution in [0.1, 0.15) is 30.7 Å². The van der Waals surface area contributed by atoms with E-state index in [2.05, 4.69) is 24.4 Å². The van der Waals surface area contributed by atoms with Gasteiger partial charge in [0.2, 0.25) is 0 Å². The maximum Gasteiger partial charge on any atom is 0.0922 e. The van der Waals surface area contributed by atoms with Crippen molar-refractivity contribution in [1.29, 1.82) is 0 Å². The highest BCUT2D eigenvalue weighted by molar-refractivity contribution is 7.26. The highest BCUT2D eigenvalue weighted by Gasteiger charge is 2.20. The minimum absolute atomic E-state index is 0.192. The van der Waals surface area contributed by atoms with Gasteiger partial charge in [-0.25, -0.2) is 0 Å². The lowest BCUT2D eigenvalue weighted by Crippen LogP contribution is -2.21. The summed E-state index contributed by atoms with van der Waals surface area (Å²) >= 11 is 3.41. The number of hydrogen-bond acceptors (Lipinski definition) is 4. The van der Waals surface area contributed by atoms with E-state index in [9.17, 15) is 5.11 Å². The number of fused-ring (bicyclic) bond motifs is 1. The maximum absolute atomic E-state index is 10.3. The third-order valence-electron chi connectivity index (χ3n) is 2.86. The van der Waals surface area contributed by atoms with Gasteiger partial charge in [0.05, 0.1) is 6.10 Å². The quantitative estimate of drug-likeness (QED) is 0.860. The molecule has 0 radical (unpaired) electrons. The zero-order valence-corrected chi connectivity index (χ0v) is 11.0. The van der Waals surface area contributed by atoms with Gasteiger partial charge >= 0.3 is 0 Å². The fourth-order valence-corrected chi connectivity index (χ4v) is 4.14. The Hall–Kier alpha value is -0.420. The Labute approximate surface area is 104 Å². The molecule has 3 N–H and O–H groups in total. The lowest BCUT2D eigenvalue weighted by molar-refractivity contribution is 0.110. The van der Waals surface area contributed by atoms with Gasteiger partial charge in [0, 0.05) is 20.2 Å². The van der Waals surface area contributed by atoms with Gasteiger partial charge in [0.1, 0.15) is 0 Å². The Morgan fingerprint density at radius 1 is 1.44 bits per heavy atom. The molecule has 0 aromatic carbocycles. The number of nitrogens with two attached hydrogens (primary N) is 1. The number of aliphatic hydroxyl groups excluding tert-OH is 1. The first-order chi connectivity index (χ1) is 7.76. The van der Waals surface area contributed by atoms with Gasteiger partial charge in [-0.05, 0) is 30.5 Å². The van der Waals surface area contributed by atoms with Crippen LogP contribution in [0.25, 0.3) is 9.40 Å². The van der Waals surface area contributed by atoms with Gasteiger partial charge in [-0.15, -0.1) is 22.7 Å². The predicted octanol–water partition coefficient (Wildman–Crippen LogP) is 3.37. The molecular weight excluding hydrogens is 238 g/mol. The molecule has 2 rings (SSSR count). The van der Waals surface area contributed by atoms with E-state index in [0.717, 1.165) is 17.7 Å². The molecule has 0 spiro atoms. The SMILES string of the molecule is CCCC(CN)C(O)c1cc2sccc2s1. The van der Waals surface area contributed by atoms with Gasteiger partial charge in [-0.3, -0.25) is 0 Å². The lowest BCUT2D eigenvalue weighted by Gasteiger charge is -2.19. The molecule has 0 fully saturated rings. The molecule has 16 heavy (non-hydrogen) atoms. The van der Waals surface area contributed by atoms with Crippen LogP contribution in [0.2, 0.25) is 0 Å². The molecule has 2 atom stereocenters. The van der Waals surface area contributed by atoms with Crippen molar-refractivity contribution in [2.24, 2.45) is 11.7 Å². The summed E-state index contributed by atoms with van der Waals surface area (Å²) in [5.41, 5.74) is 5.71. The van der Waals surface area contributed by atoms with Gasteiger partial charge in [-0.1, -0.05) is 13.3 Å². The van der Waals surface area contributed by atoms with Crippen LogP contribution < -0.4 is 5.73 Å². The van der Waals surface area contributed by atoms with Gasteiger partial charge in [0.15, 0.2) is 0 Å². The van der Waals surface area contributed by atoms with E-state index in [1.807, 2.05) is 0 Å². The van der Waals surface area contributed by atoms with Crippen LogP contribution in [-0.2, 0) is 0 Å². The molecule has 0 aliphatic heterocycles. The maximum atomic E-state index is 10.3. The van der Waals surface area contributed by atoms with Crippen molar-refractivity contribution in [3.8, 4) is 0 Å². The first kappa shape index (κ1) is 12.0. The van der Waals surface area contributed by atoms with Crippen LogP contribution in [0.15, 0.2) is 17.5 Å². The molecule has 2 aromatic rings. The summed E-state index contributed by atoms with van der Waals surface area (Å²) in [4.78, 5) is 1.06. The zero-order chi connectivity index (χ0) is 11.5. The Balaban J connectivity index is 2.19. The second-order valence-corrected chi connectivity index (χ2v) is 6.09. The van der Waals surface area contributed by atoms with E-state index >= 15 is 0 Å². The fraction of sp³-hybridized carbons (Fsp3) is 0.500. The smallest absolute Gasteiger partial charge is 0.0922 e. The number of hydrogen-bond donors (Lipinski definition) is 2. The zero-order valence-electron chi connectivity index (χ0n) is 9.35. The average Bonchev–Trinajstić information content (AvgIpc) is 2.84. The third-order valence-corrected chi connectivity index (χ3v) is 5.02. The molecule has 0 saturated carbocycles. The Bertz CT molecular complexity index is 420. The van der Waals surface area contributed by atoms with Crippen molar-refractivity contribution in [1.82, 2.24) is 0 Å². The second kappa shape index (κ2) is 5.27. The number of rotatable bonds is 5. The number of aliphatic hydroxyl groups is 1. The molecule has 0 bridgehead atoms. The summed E-state index contributed by atoms with van der Waals surface area (Å²) in [6.07, 6.45) is 1.66. The Kier molecular flexibility index (Phi) is 3.97. The molecule has 2 aromatic heterocycles. The average molecular weight is 255 g/mol. The summed E-state index contributed by atoms with van der Waals surface area (Å²) < 4.78 is 2.54. The predicted molar refractivity (Wildman–Crippen MR) is 72.1 cm³/mol. The highest BCUT2D eigenvalue weighted by atomic mass is 32.1. The molecule has 2 heterocycles. The molecule has 88 valence electrons. The molecule has 2 nitrogen and oxygen atoms in total. The van der Waals surface area contributed by atoms with Crippen LogP contribution in [-0.4, -0.2) is 11.7 Å². The van der Waals surface area contributed by atoms with E-state index in [-0.39, 0.29) is 5.92 Å². The Morgan fingerprint density at radius 2 is 2.25 bits per heavy atom. The molecule has 4 heteroatoms. The molecule has 0 amide bonds. The first-order valence-corrected chi connectivity index (χ1v) is 7.31. The van der Waals surface area contributed by atoms with Crippen molar-refractivity contribution in [2.75, 3.05) is 6.54 Å². The molecule has 0 aliphatic carbocycles. The summed E-state index contributed by atoms with van der Waals surface area (Å²) in [6.45, 7) is 2.68. The molecular formula is C12H17NOS2. The summed E-state index contributed by atoms with van der Waals surface area (Å²) in [5, 5.41) is 12.4. The second-order valence-electron chi connectivity index (χ2n) is 4.03. The number of thiophene rings is 2. The Morgan fingerprint density at radius 3 is 2.88 bits per heavy atom. The summed E-state index contributed by atoms with van der Waals surface area (Å²) in [6, 6.07) is 4.21. The fourth-order valence-electron chi connectivity index (χ4n) is 1.94. The largest absolute Gasteiger partial charge is 0.387 e. The van der Waals surface area contributed by atoms with Crippen molar-refractivity contribution in [2.45, 2.75) is 25.9 Å². The van der Waals surface area contributed by atoms with Crippen molar-refractivity contribution < 1.29 is 5.11 Å². The van der Waals surface area contributed by atoms with Crippen LogP contribution in [0.3, 0.4) is 0 Å². The molecule has 0 aliphatic rings. The van der Waals surface area contributed by atoms with Crippen LogP contribution in [0, 0.1) is 5.92 Å². The van der Waals surface area contributed by atoms with Crippen molar-refractivity contribution in [3.63, 3.8) is 0 Å².